The number of fused-ring (bicyclic) bond motifs is 1. The lowest BCUT2D eigenvalue weighted by Gasteiger charge is -2.15. The maximum absolute atomic E-state index is 13.9. The number of carboxylic acids is 1. The number of anilines is 1. The predicted octanol–water partition coefficient (Wildman–Crippen LogP) is 3.07. The van der Waals surface area contributed by atoms with Crippen molar-refractivity contribution in [2.24, 2.45) is 5.92 Å². The zero-order chi connectivity index (χ0) is 17.6. The Bertz CT molecular complexity index is 998. The molecule has 6 nitrogen and oxygen atoms in total. The fourth-order valence-electron chi connectivity index (χ4n) is 2.95. The van der Waals surface area contributed by atoms with Crippen LogP contribution in [0.1, 0.15) is 6.42 Å². The average molecular weight is 340 g/mol. The SMILES string of the molecule is O=C(O)C1CC(=O)N(c2ccc3nc(-c4ccccc4F)oc3c2)C1. The van der Waals surface area contributed by atoms with Gasteiger partial charge in [0.25, 0.3) is 0 Å². The highest BCUT2D eigenvalue weighted by molar-refractivity contribution is 6.00. The third kappa shape index (κ3) is 2.63. The molecule has 1 aliphatic heterocycles. The molecule has 1 aromatic heterocycles. The topological polar surface area (TPSA) is 83.6 Å². The summed E-state index contributed by atoms with van der Waals surface area (Å²) in [6.07, 6.45) is -0.0236. The molecule has 1 saturated heterocycles. The van der Waals surface area contributed by atoms with Crippen LogP contribution in [-0.2, 0) is 9.59 Å². The molecular formula is C18H13FN2O4. The normalized spacial score (nSPS) is 17.4. The Morgan fingerprint density at radius 2 is 2.08 bits per heavy atom. The lowest BCUT2D eigenvalue weighted by molar-refractivity contribution is -0.141. The molecule has 7 heteroatoms. The summed E-state index contributed by atoms with van der Waals surface area (Å²) in [5, 5.41) is 9.08. The van der Waals surface area contributed by atoms with Gasteiger partial charge in [-0.2, -0.15) is 0 Å². The Hall–Kier alpha value is -3.22. The van der Waals surface area contributed by atoms with E-state index in [0.29, 0.717) is 16.8 Å². The molecule has 0 bridgehead atoms. The fraction of sp³-hybridized carbons (Fsp3) is 0.167. The number of carboxylic acid groups (broad SMARTS) is 1. The third-order valence-electron chi connectivity index (χ3n) is 4.26. The van der Waals surface area contributed by atoms with Crippen LogP contribution in [0.25, 0.3) is 22.6 Å². The van der Waals surface area contributed by atoms with Gasteiger partial charge in [0.1, 0.15) is 11.3 Å². The fourth-order valence-corrected chi connectivity index (χ4v) is 2.95. The number of halogens is 1. The largest absolute Gasteiger partial charge is 0.481 e. The van der Waals surface area contributed by atoms with Crippen LogP contribution in [0.3, 0.4) is 0 Å². The van der Waals surface area contributed by atoms with Crippen LogP contribution in [0.15, 0.2) is 46.9 Å². The van der Waals surface area contributed by atoms with Gasteiger partial charge in [0.15, 0.2) is 5.58 Å². The molecule has 1 amide bonds. The summed E-state index contributed by atoms with van der Waals surface area (Å²) in [5.41, 5.74) is 1.73. The minimum atomic E-state index is -0.988. The standard InChI is InChI=1S/C18H13FN2O4/c19-13-4-2-1-3-12(13)17-20-14-6-5-11(8-15(14)25-17)21-9-10(18(23)24)7-16(21)22/h1-6,8,10H,7,9H2,(H,23,24). The van der Waals surface area contributed by atoms with Crippen LogP contribution in [-0.4, -0.2) is 28.5 Å². The lowest BCUT2D eigenvalue weighted by atomic mass is 10.1. The quantitative estimate of drug-likeness (QED) is 0.792. The number of hydrogen-bond acceptors (Lipinski definition) is 4. The van der Waals surface area contributed by atoms with Gasteiger partial charge >= 0.3 is 5.97 Å². The molecule has 0 aliphatic carbocycles. The highest BCUT2D eigenvalue weighted by atomic mass is 19.1. The molecule has 2 aromatic carbocycles. The van der Waals surface area contributed by atoms with E-state index in [1.165, 1.54) is 11.0 Å². The molecule has 0 spiro atoms. The van der Waals surface area contributed by atoms with Gasteiger partial charge in [-0.15, -0.1) is 0 Å². The monoisotopic (exact) mass is 340 g/mol. The molecule has 1 atom stereocenters. The number of oxazole rings is 1. The molecular weight excluding hydrogens is 327 g/mol. The second-order valence-corrected chi connectivity index (χ2v) is 5.89. The molecule has 0 saturated carbocycles. The first-order valence-electron chi connectivity index (χ1n) is 7.71. The number of rotatable bonds is 3. The van der Waals surface area contributed by atoms with Crippen molar-refractivity contribution in [1.82, 2.24) is 4.98 Å². The molecule has 1 unspecified atom stereocenters. The van der Waals surface area contributed by atoms with Crippen molar-refractivity contribution in [2.45, 2.75) is 6.42 Å². The maximum atomic E-state index is 13.9. The van der Waals surface area contributed by atoms with Gasteiger partial charge in [0, 0.05) is 24.7 Å². The van der Waals surface area contributed by atoms with Gasteiger partial charge < -0.3 is 14.4 Å². The number of hydrogen-bond donors (Lipinski definition) is 1. The summed E-state index contributed by atoms with van der Waals surface area (Å²) in [7, 11) is 0. The minimum absolute atomic E-state index is 0.0236. The highest BCUT2D eigenvalue weighted by Gasteiger charge is 2.35. The van der Waals surface area contributed by atoms with Crippen molar-refractivity contribution < 1.29 is 23.5 Å². The number of carbonyl (C=O) groups excluding carboxylic acids is 1. The Morgan fingerprint density at radius 3 is 2.80 bits per heavy atom. The Morgan fingerprint density at radius 1 is 1.28 bits per heavy atom. The van der Waals surface area contributed by atoms with Crippen LogP contribution in [0.2, 0.25) is 0 Å². The average Bonchev–Trinajstić information content (AvgIpc) is 3.18. The van der Waals surface area contributed by atoms with Gasteiger partial charge in [-0.25, -0.2) is 9.37 Å². The van der Waals surface area contributed by atoms with Crippen molar-refractivity contribution >= 4 is 28.7 Å². The van der Waals surface area contributed by atoms with E-state index < -0.39 is 17.7 Å². The summed E-state index contributed by atoms with van der Waals surface area (Å²) >= 11 is 0. The van der Waals surface area contributed by atoms with E-state index in [2.05, 4.69) is 4.98 Å². The molecule has 0 radical (unpaired) electrons. The molecule has 2 heterocycles. The summed E-state index contributed by atoms with van der Waals surface area (Å²) in [6, 6.07) is 11.1. The smallest absolute Gasteiger partial charge is 0.308 e. The van der Waals surface area contributed by atoms with Gasteiger partial charge in [0.05, 0.1) is 11.5 Å². The van der Waals surface area contributed by atoms with Crippen molar-refractivity contribution in [3.05, 3.63) is 48.3 Å². The number of nitrogens with zero attached hydrogens (tertiary/aromatic N) is 2. The molecule has 25 heavy (non-hydrogen) atoms. The number of amides is 1. The van der Waals surface area contributed by atoms with Crippen LogP contribution < -0.4 is 4.90 Å². The van der Waals surface area contributed by atoms with Crippen LogP contribution >= 0.6 is 0 Å². The van der Waals surface area contributed by atoms with E-state index in [0.717, 1.165) is 0 Å². The lowest BCUT2D eigenvalue weighted by Crippen LogP contribution is -2.25. The zero-order valence-corrected chi connectivity index (χ0v) is 13.0. The van der Waals surface area contributed by atoms with Gasteiger partial charge in [-0.05, 0) is 24.3 Å². The first-order chi connectivity index (χ1) is 12.0. The van der Waals surface area contributed by atoms with Crippen molar-refractivity contribution in [3.63, 3.8) is 0 Å². The van der Waals surface area contributed by atoms with Crippen molar-refractivity contribution in [1.29, 1.82) is 0 Å². The Balaban J connectivity index is 1.71. The summed E-state index contributed by atoms with van der Waals surface area (Å²) in [6.45, 7) is 0.119. The minimum Gasteiger partial charge on any atom is -0.481 e. The zero-order valence-electron chi connectivity index (χ0n) is 13.0. The number of aromatic nitrogens is 1. The summed E-state index contributed by atoms with van der Waals surface area (Å²) < 4.78 is 19.5. The van der Waals surface area contributed by atoms with E-state index >= 15 is 0 Å². The van der Waals surface area contributed by atoms with Crippen LogP contribution in [0.5, 0.6) is 0 Å². The Kier molecular flexibility index (Phi) is 3.49. The second kappa shape index (κ2) is 5.70. The van der Waals surface area contributed by atoms with Crippen molar-refractivity contribution in [2.75, 3.05) is 11.4 Å². The van der Waals surface area contributed by atoms with E-state index in [-0.39, 0.29) is 30.3 Å². The molecule has 1 aliphatic rings. The number of benzene rings is 2. The summed E-state index contributed by atoms with van der Waals surface area (Å²) in [4.78, 5) is 28.8. The van der Waals surface area contributed by atoms with E-state index in [4.69, 9.17) is 9.52 Å². The molecule has 1 fully saturated rings. The van der Waals surface area contributed by atoms with E-state index in [1.54, 1.807) is 36.4 Å². The first kappa shape index (κ1) is 15.3. The molecule has 4 rings (SSSR count). The van der Waals surface area contributed by atoms with Gasteiger partial charge in [0.2, 0.25) is 11.8 Å². The van der Waals surface area contributed by atoms with Crippen molar-refractivity contribution in [3.8, 4) is 11.5 Å². The second-order valence-electron chi connectivity index (χ2n) is 5.89. The molecule has 3 aromatic rings. The predicted molar refractivity (Wildman–Crippen MR) is 87.5 cm³/mol. The summed E-state index contributed by atoms with van der Waals surface area (Å²) in [5.74, 6) is -2.24. The van der Waals surface area contributed by atoms with Crippen LogP contribution in [0.4, 0.5) is 10.1 Å². The highest BCUT2D eigenvalue weighted by Crippen LogP contribution is 2.31. The third-order valence-corrected chi connectivity index (χ3v) is 4.26. The van der Waals surface area contributed by atoms with E-state index in [1.807, 2.05) is 0 Å². The molecule has 1 N–H and O–H groups in total. The van der Waals surface area contributed by atoms with Gasteiger partial charge in [-0.3, -0.25) is 9.59 Å². The maximum Gasteiger partial charge on any atom is 0.308 e. The molecule has 126 valence electrons. The van der Waals surface area contributed by atoms with E-state index in [9.17, 15) is 14.0 Å². The number of carbonyl (C=O) groups is 2. The van der Waals surface area contributed by atoms with Crippen LogP contribution in [0, 0.1) is 11.7 Å². The first-order valence-corrected chi connectivity index (χ1v) is 7.71. The van der Waals surface area contributed by atoms with Gasteiger partial charge in [-0.1, -0.05) is 12.1 Å². The Labute approximate surface area is 141 Å². The number of aliphatic carboxylic acids is 1.